The van der Waals surface area contributed by atoms with Crippen molar-refractivity contribution in [3.05, 3.63) is 0 Å². The molecule has 1 spiro atoms. The second-order valence-corrected chi connectivity index (χ2v) is 7.86. The highest BCUT2D eigenvalue weighted by atomic mass is 16.5. The predicted octanol–water partition coefficient (Wildman–Crippen LogP) is 3.38. The minimum absolute atomic E-state index is 0.208. The van der Waals surface area contributed by atoms with Crippen LogP contribution in [0.25, 0.3) is 0 Å². The highest BCUT2D eigenvalue weighted by Crippen LogP contribution is 2.43. The van der Waals surface area contributed by atoms with Gasteiger partial charge in [0.15, 0.2) is 0 Å². The summed E-state index contributed by atoms with van der Waals surface area (Å²) in [5.41, 5.74) is 3.70. The third-order valence-corrected chi connectivity index (χ3v) is 5.03. The van der Waals surface area contributed by atoms with Gasteiger partial charge in [0, 0.05) is 12.6 Å². The molecular formula is C16H32N2O. The van der Waals surface area contributed by atoms with Crippen molar-refractivity contribution in [2.24, 2.45) is 17.2 Å². The van der Waals surface area contributed by atoms with E-state index in [1.165, 1.54) is 51.4 Å². The van der Waals surface area contributed by atoms with Gasteiger partial charge in [0.25, 0.3) is 0 Å². The Morgan fingerprint density at radius 1 is 1.32 bits per heavy atom. The smallest absolute Gasteiger partial charge is 0.0685 e. The average Bonchev–Trinajstić information content (AvgIpc) is 2.77. The molecule has 0 aromatic carbocycles. The molecule has 2 rings (SSSR count). The van der Waals surface area contributed by atoms with Gasteiger partial charge >= 0.3 is 0 Å². The van der Waals surface area contributed by atoms with Crippen LogP contribution in [0.3, 0.4) is 0 Å². The van der Waals surface area contributed by atoms with Crippen molar-refractivity contribution in [3.63, 3.8) is 0 Å². The molecule has 3 heteroatoms. The maximum absolute atomic E-state index is 6.13. The van der Waals surface area contributed by atoms with Crippen molar-refractivity contribution in [1.82, 2.24) is 5.43 Å². The van der Waals surface area contributed by atoms with Crippen LogP contribution in [-0.2, 0) is 4.74 Å². The minimum atomic E-state index is 0.208. The summed E-state index contributed by atoms with van der Waals surface area (Å²) in [4.78, 5) is 0. The Morgan fingerprint density at radius 2 is 2.00 bits per heavy atom. The Labute approximate surface area is 118 Å². The van der Waals surface area contributed by atoms with Crippen LogP contribution in [0.5, 0.6) is 0 Å². The van der Waals surface area contributed by atoms with E-state index in [0.717, 1.165) is 6.61 Å². The number of rotatable bonds is 4. The van der Waals surface area contributed by atoms with Crippen molar-refractivity contribution in [1.29, 1.82) is 0 Å². The summed E-state index contributed by atoms with van der Waals surface area (Å²) >= 11 is 0. The fourth-order valence-electron chi connectivity index (χ4n) is 3.82. The molecule has 0 aromatic rings. The van der Waals surface area contributed by atoms with E-state index >= 15 is 0 Å². The summed E-state index contributed by atoms with van der Waals surface area (Å²) in [6.45, 7) is 7.85. The summed E-state index contributed by atoms with van der Waals surface area (Å²) in [5, 5.41) is 0. The molecule has 2 unspecified atom stereocenters. The van der Waals surface area contributed by atoms with E-state index in [1.54, 1.807) is 0 Å². The van der Waals surface area contributed by atoms with E-state index in [0.29, 0.717) is 17.4 Å². The first-order chi connectivity index (χ1) is 8.94. The quantitative estimate of drug-likeness (QED) is 0.607. The lowest BCUT2D eigenvalue weighted by Crippen LogP contribution is -2.48. The molecule has 2 aliphatic rings. The summed E-state index contributed by atoms with van der Waals surface area (Å²) in [7, 11) is 0. The molecule has 1 saturated carbocycles. The van der Waals surface area contributed by atoms with Gasteiger partial charge in [0.2, 0.25) is 0 Å². The molecule has 0 amide bonds. The Morgan fingerprint density at radius 3 is 2.58 bits per heavy atom. The van der Waals surface area contributed by atoms with E-state index in [9.17, 15) is 0 Å². The van der Waals surface area contributed by atoms with E-state index in [4.69, 9.17) is 10.6 Å². The van der Waals surface area contributed by atoms with Gasteiger partial charge < -0.3 is 4.74 Å². The topological polar surface area (TPSA) is 47.3 Å². The molecule has 112 valence electrons. The largest absolute Gasteiger partial charge is 0.375 e. The number of hydrogen-bond donors (Lipinski definition) is 2. The van der Waals surface area contributed by atoms with Gasteiger partial charge in [-0.05, 0) is 49.9 Å². The third kappa shape index (κ3) is 4.17. The van der Waals surface area contributed by atoms with Crippen LogP contribution in [0.1, 0.15) is 72.1 Å². The van der Waals surface area contributed by atoms with Crippen molar-refractivity contribution >= 4 is 0 Å². The molecule has 0 radical (unpaired) electrons. The van der Waals surface area contributed by atoms with Gasteiger partial charge in [-0.15, -0.1) is 0 Å². The van der Waals surface area contributed by atoms with E-state index in [1.807, 2.05) is 0 Å². The molecule has 1 saturated heterocycles. The summed E-state index contributed by atoms with van der Waals surface area (Å²) in [6.07, 6.45) is 10.0. The van der Waals surface area contributed by atoms with E-state index < -0.39 is 0 Å². The second kappa shape index (κ2) is 6.11. The fraction of sp³-hybridized carbons (Fsp3) is 1.00. The van der Waals surface area contributed by atoms with Crippen molar-refractivity contribution < 1.29 is 4.74 Å². The fourth-order valence-corrected chi connectivity index (χ4v) is 3.82. The number of hydrogen-bond acceptors (Lipinski definition) is 3. The molecule has 1 heterocycles. The van der Waals surface area contributed by atoms with Crippen LogP contribution in [0.15, 0.2) is 0 Å². The summed E-state index contributed by atoms with van der Waals surface area (Å²) < 4.78 is 6.13. The van der Waals surface area contributed by atoms with Gasteiger partial charge in [0.05, 0.1) is 5.60 Å². The van der Waals surface area contributed by atoms with Gasteiger partial charge in [0.1, 0.15) is 0 Å². The van der Waals surface area contributed by atoms with E-state index in [-0.39, 0.29) is 5.60 Å². The summed E-state index contributed by atoms with van der Waals surface area (Å²) in [6, 6.07) is 0.459. The molecular weight excluding hydrogens is 236 g/mol. The Kier molecular flexibility index (Phi) is 4.91. The molecule has 2 atom stereocenters. The monoisotopic (exact) mass is 268 g/mol. The number of ether oxygens (including phenoxy) is 1. The SMILES string of the molecule is CC(C)(C)CCC(NN)C1CCOC2(CCCC2)C1. The molecule has 19 heavy (non-hydrogen) atoms. The lowest BCUT2D eigenvalue weighted by molar-refractivity contribution is -0.0986. The molecule has 1 aliphatic heterocycles. The molecule has 0 aromatic heterocycles. The van der Waals surface area contributed by atoms with Gasteiger partial charge in [-0.25, -0.2) is 0 Å². The highest BCUT2D eigenvalue weighted by Gasteiger charge is 2.41. The number of hydrazine groups is 1. The third-order valence-electron chi connectivity index (χ3n) is 5.03. The van der Waals surface area contributed by atoms with Crippen LogP contribution >= 0.6 is 0 Å². The molecule has 0 bridgehead atoms. The number of nitrogens with one attached hydrogen (secondary N) is 1. The molecule has 3 N–H and O–H groups in total. The predicted molar refractivity (Wildman–Crippen MR) is 79.7 cm³/mol. The Balaban J connectivity index is 1.90. The maximum Gasteiger partial charge on any atom is 0.0685 e. The molecule has 3 nitrogen and oxygen atoms in total. The van der Waals surface area contributed by atoms with Gasteiger partial charge in [-0.1, -0.05) is 33.6 Å². The average molecular weight is 268 g/mol. The van der Waals surface area contributed by atoms with Crippen LogP contribution in [-0.4, -0.2) is 18.2 Å². The van der Waals surface area contributed by atoms with Crippen molar-refractivity contribution in [2.75, 3.05) is 6.61 Å². The van der Waals surface area contributed by atoms with E-state index in [2.05, 4.69) is 26.2 Å². The number of nitrogens with two attached hydrogens (primary N) is 1. The molecule has 2 fully saturated rings. The Bertz CT molecular complexity index is 279. The standard InChI is InChI=1S/C16H32N2O/c1-15(2,3)10-6-14(18-17)13-7-11-19-16(12-13)8-4-5-9-16/h13-14,18H,4-12,17H2,1-3H3. The first-order valence-corrected chi connectivity index (χ1v) is 8.04. The van der Waals surface area contributed by atoms with Crippen LogP contribution in [0, 0.1) is 11.3 Å². The van der Waals surface area contributed by atoms with Crippen molar-refractivity contribution in [2.45, 2.75) is 83.8 Å². The Hall–Kier alpha value is -0.120. The zero-order valence-corrected chi connectivity index (χ0v) is 13.0. The lowest BCUT2D eigenvalue weighted by atomic mass is 9.77. The van der Waals surface area contributed by atoms with Crippen LogP contribution in [0.2, 0.25) is 0 Å². The normalized spacial score (nSPS) is 28.7. The summed E-state index contributed by atoms with van der Waals surface area (Å²) in [5.74, 6) is 6.52. The van der Waals surface area contributed by atoms with Crippen molar-refractivity contribution in [3.8, 4) is 0 Å². The second-order valence-electron chi connectivity index (χ2n) is 7.86. The first-order valence-electron chi connectivity index (χ1n) is 8.04. The zero-order valence-electron chi connectivity index (χ0n) is 13.0. The van der Waals surface area contributed by atoms with Gasteiger partial charge in [-0.3, -0.25) is 11.3 Å². The highest BCUT2D eigenvalue weighted by molar-refractivity contribution is 4.94. The first kappa shape index (κ1) is 15.3. The molecule has 1 aliphatic carbocycles. The minimum Gasteiger partial charge on any atom is -0.375 e. The van der Waals surface area contributed by atoms with Gasteiger partial charge in [-0.2, -0.15) is 0 Å². The lowest BCUT2D eigenvalue weighted by Gasteiger charge is -2.41. The van der Waals surface area contributed by atoms with Crippen LogP contribution in [0.4, 0.5) is 0 Å². The zero-order chi connectivity index (χ0) is 13.9. The van der Waals surface area contributed by atoms with Crippen LogP contribution < -0.4 is 11.3 Å². The maximum atomic E-state index is 6.13.